The van der Waals surface area contributed by atoms with Crippen LogP contribution >= 0.6 is 11.6 Å². The third-order valence-electron chi connectivity index (χ3n) is 2.97. The van der Waals surface area contributed by atoms with E-state index in [-0.39, 0.29) is 17.8 Å². The van der Waals surface area contributed by atoms with Crippen molar-refractivity contribution in [3.63, 3.8) is 0 Å². The van der Waals surface area contributed by atoms with Crippen molar-refractivity contribution in [1.82, 2.24) is 0 Å². The molecule has 2 rings (SSSR count). The van der Waals surface area contributed by atoms with Crippen LogP contribution in [-0.2, 0) is 6.42 Å². The van der Waals surface area contributed by atoms with Gasteiger partial charge in [-0.1, -0.05) is 24.3 Å². The van der Waals surface area contributed by atoms with Crippen molar-refractivity contribution in [2.45, 2.75) is 18.7 Å². The first-order valence-electron chi connectivity index (χ1n) is 5.82. The molecule has 0 aliphatic heterocycles. The van der Waals surface area contributed by atoms with Crippen molar-refractivity contribution in [1.29, 1.82) is 0 Å². The topological polar surface area (TPSA) is 0 Å². The zero-order chi connectivity index (χ0) is 14.0. The molecule has 0 amide bonds. The highest BCUT2D eigenvalue weighted by atomic mass is 35.5. The second kappa shape index (κ2) is 5.66. The minimum atomic E-state index is -0.695. The van der Waals surface area contributed by atoms with Crippen molar-refractivity contribution in [3.8, 4) is 0 Å². The number of rotatable bonds is 3. The Morgan fingerprint density at radius 2 is 1.84 bits per heavy atom. The Kier molecular flexibility index (Phi) is 4.15. The van der Waals surface area contributed by atoms with E-state index in [1.807, 2.05) is 0 Å². The van der Waals surface area contributed by atoms with E-state index in [1.54, 1.807) is 25.1 Å². The third-order valence-corrected chi connectivity index (χ3v) is 3.36. The molecule has 4 heteroatoms. The summed E-state index contributed by atoms with van der Waals surface area (Å²) in [6.45, 7) is 1.64. The number of benzene rings is 2. The molecule has 1 unspecified atom stereocenters. The standard InChI is InChI=1S/C15H12ClF3/c1-9-3-2-4-12(15(9)19)13(16)7-10-5-6-11(17)8-14(10)18/h2-6,8,13H,7H2,1H3. The first-order chi connectivity index (χ1) is 8.99. The van der Waals surface area contributed by atoms with Gasteiger partial charge in [-0.2, -0.15) is 0 Å². The molecule has 0 nitrogen and oxygen atoms in total. The summed E-state index contributed by atoms with van der Waals surface area (Å²) < 4.78 is 40.2. The lowest BCUT2D eigenvalue weighted by atomic mass is 10.0. The summed E-state index contributed by atoms with van der Waals surface area (Å²) in [6, 6.07) is 8.19. The first-order valence-corrected chi connectivity index (χ1v) is 6.25. The van der Waals surface area contributed by atoms with Gasteiger partial charge < -0.3 is 0 Å². The van der Waals surface area contributed by atoms with E-state index in [9.17, 15) is 13.2 Å². The van der Waals surface area contributed by atoms with Gasteiger partial charge >= 0.3 is 0 Å². The Hall–Kier alpha value is -1.48. The van der Waals surface area contributed by atoms with E-state index in [0.717, 1.165) is 12.1 Å². The average Bonchev–Trinajstić information content (AvgIpc) is 2.36. The average molecular weight is 285 g/mol. The van der Waals surface area contributed by atoms with Crippen molar-refractivity contribution in [2.24, 2.45) is 0 Å². The van der Waals surface area contributed by atoms with E-state index >= 15 is 0 Å². The van der Waals surface area contributed by atoms with E-state index in [0.29, 0.717) is 11.1 Å². The van der Waals surface area contributed by atoms with Crippen molar-refractivity contribution >= 4 is 11.6 Å². The zero-order valence-electron chi connectivity index (χ0n) is 10.3. The number of alkyl halides is 1. The monoisotopic (exact) mass is 284 g/mol. The van der Waals surface area contributed by atoms with E-state index < -0.39 is 17.0 Å². The Morgan fingerprint density at radius 1 is 1.11 bits per heavy atom. The highest BCUT2D eigenvalue weighted by Crippen LogP contribution is 2.29. The molecule has 19 heavy (non-hydrogen) atoms. The summed E-state index contributed by atoms with van der Waals surface area (Å²) in [5.74, 6) is -1.70. The summed E-state index contributed by atoms with van der Waals surface area (Å²) in [6.07, 6.45) is 0.105. The maximum atomic E-state index is 13.9. The lowest BCUT2D eigenvalue weighted by Gasteiger charge is -2.13. The van der Waals surface area contributed by atoms with Gasteiger partial charge in [0, 0.05) is 11.6 Å². The van der Waals surface area contributed by atoms with E-state index in [4.69, 9.17) is 11.6 Å². The number of hydrogen-bond donors (Lipinski definition) is 0. The van der Waals surface area contributed by atoms with Crippen LogP contribution in [0.2, 0.25) is 0 Å². The lowest BCUT2D eigenvalue weighted by Crippen LogP contribution is -2.02. The van der Waals surface area contributed by atoms with Crippen LogP contribution in [0.5, 0.6) is 0 Å². The van der Waals surface area contributed by atoms with Crippen LogP contribution < -0.4 is 0 Å². The van der Waals surface area contributed by atoms with Gasteiger partial charge in [0.1, 0.15) is 17.5 Å². The molecular formula is C15H12ClF3. The Balaban J connectivity index is 2.25. The second-order valence-electron chi connectivity index (χ2n) is 4.39. The van der Waals surface area contributed by atoms with Crippen LogP contribution in [0.3, 0.4) is 0 Å². The molecular weight excluding hydrogens is 273 g/mol. The summed E-state index contributed by atoms with van der Waals surface area (Å²) in [7, 11) is 0. The Labute approximate surface area is 114 Å². The molecule has 0 fully saturated rings. The minimum Gasteiger partial charge on any atom is -0.207 e. The smallest absolute Gasteiger partial charge is 0.130 e. The molecule has 1 atom stereocenters. The van der Waals surface area contributed by atoms with Crippen LogP contribution in [0.4, 0.5) is 13.2 Å². The molecule has 2 aromatic rings. The molecule has 100 valence electrons. The number of hydrogen-bond acceptors (Lipinski definition) is 0. The van der Waals surface area contributed by atoms with E-state index in [2.05, 4.69) is 0 Å². The lowest BCUT2D eigenvalue weighted by molar-refractivity contribution is 0.566. The molecule has 0 aromatic heterocycles. The first kappa shape index (κ1) is 13.9. The molecule has 0 aliphatic carbocycles. The predicted molar refractivity (Wildman–Crippen MR) is 69.8 cm³/mol. The molecule has 0 saturated carbocycles. The van der Waals surface area contributed by atoms with Crippen LogP contribution in [0.25, 0.3) is 0 Å². The molecule has 0 aliphatic rings. The highest BCUT2D eigenvalue weighted by molar-refractivity contribution is 6.21. The molecule has 0 saturated heterocycles. The zero-order valence-corrected chi connectivity index (χ0v) is 11.0. The van der Waals surface area contributed by atoms with Crippen molar-refractivity contribution in [2.75, 3.05) is 0 Å². The second-order valence-corrected chi connectivity index (χ2v) is 4.91. The third kappa shape index (κ3) is 3.10. The molecule has 0 radical (unpaired) electrons. The quantitative estimate of drug-likeness (QED) is 0.701. The van der Waals surface area contributed by atoms with Crippen LogP contribution in [-0.4, -0.2) is 0 Å². The Bertz CT molecular complexity index is 596. The number of halogens is 4. The fourth-order valence-corrected chi connectivity index (χ4v) is 2.24. The van der Waals surface area contributed by atoms with Gasteiger partial charge in [-0.25, -0.2) is 13.2 Å². The summed E-state index contributed by atoms with van der Waals surface area (Å²) in [5.41, 5.74) is 1.08. The highest BCUT2D eigenvalue weighted by Gasteiger charge is 2.16. The molecule has 0 bridgehead atoms. The maximum absolute atomic E-state index is 13.9. The van der Waals surface area contributed by atoms with Gasteiger partial charge in [0.2, 0.25) is 0 Å². The fraction of sp³-hybridized carbons (Fsp3) is 0.200. The normalized spacial score (nSPS) is 12.5. The van der Waals surface area contributed by atoms with Crippen LogP contribution in [0.15, 0.2) is 36.4 Å². The van der Waals surface area contributed by atoms with Crippen LogP contribution in [0, 0.1) is 24.4 Å². The van der Waals surface area contributed by atoms with Crippen molar-refractivity contribution in [3.05, 3.63) is 70.5 Å². The van der Waals surface area contributed by atoms with Gasteiger partial charge in [-0.3, -0.25) is 0 Å². The molecule has 0 heterocycles. The molecule has 2 aromatic carbocycles. The Morgan fingerprint density at radius 3 is 2.53 bits per heavy atom. The summed E-state index contributed by atoms with van der Waals surface area (Å²) >= 11 is 6.13. The molecule has 0 N–H and O–H groups in total. The molecule has 0 spiro atoms. The van der Waals surface area contributed by atoms with Crippen molar-refractivity contribution < 1.29 is 13.2 Å². The van der Waals surface area contributed by atoms with E-state index in [1.165, 1.54) is 6.07 Å². The summed E-state index contributed by atoms with van der Waals surface area (Å²) in [5, 5.41) is -0.695. The van der Waals surface area contributed by atoms with Gasteiger partial charge in [-0.15, -0.1) is 11.6 Å². The van der Waals surface area contributed by atoms with Gasteiger partial charge in [-0.05, 0) is 30.5 Å². The maximum Gasteiger partial charge on any atom is 0.130 e. The number of aryl methyl sites for hydroxylation is 1. The van der Waals surface area contributed by atoms with Gasteiger partial charge in [0.25, 0.3) is 0 Å². The van der Waals surface area contributed by atoms with Crippen LogP contribution in [0.1, 0.15) is 22.1 Å². The predicted octanol–water partition coefficient (Wildman–Crippen LogP) is 4.93. The summed E-state index contributed by atoms with van der Waals surface area (Å²) in [4.78, 5) is 0. The van der Waals surface area contributed by atoms with Gasteiger partial charge in [0.05, 0.1) is 5.38 Å². The SMILES string of the molecule is Cc1cccc(C(Cl)Cc2ccc(F)cc2F)c1F. The van der Waals surface area contributed by atoms with Gasteiger partial charge in [0.15, 0.2) is 0 Å². The fourth-order valence-electron chi connectivity index (χ4n) is 1.90. The minimum absolute atomic E-state index is 0.105. The largest absolute Gasteiger partial charge is 0.207 e.